The van der Waals surface area contributed by atoms with Gasteiger partial charge in [0.15, 0.2) is 0 Å². The van der Waals surface area contributed by atoms with Gasteiger partial charge in [-0.25, -0.2) is 0 Å². The quantitative estimate of drug-likeness (QED) is 0.842. The Morgan fingerprint density at radius 3 is 2.64 bits per heavy atom. The molecular weight excluding hydrogens is 276 g/mol. The van der Waals surface area contributed by atoms with Gasteiger partial charge in [-0.2, -0.15) is 0 Å². The first-order valence-corrected chi connectivity index (χ1v) is 8.33. The van der Waals surface area contributed by atoms with Gasteiger partial charge >= 0.3 is 0 Å². The highest BCUT2D eigenvalue weighted by atomic mass is 16.5. The molecule has 0 bridgehead atoms. The number of anilines is 1. The van der Waals surface area contributed by atoms with Crippen molar-refractivity contribution in [1.82, 2.24) is 4.90 Å². The molecule has 1 atom stereocenters. The van der Waals surface area contributed by atoms with Crippen LogP contribution in [0, 0.1) is 0 Å². The SMILES string of the molecule is CC(C)N1CCCC2(CC1)CN(c1ccccc1)C(=O)CO2. The summed E-state index contributed by atoms with van der Waals surface area (Å²) in [6.45, 7) is 7.56. The lowest BCUT2D eigenvalue weighted by Gasteiger charge is -2.42. The Morgan fingerprint density at radius 1 is 1.14 bits per heavy atom. The maximum atomic E-state index is 12.3. The first-order valence-electron chi connectivity index (χ1n) is 8.33. The number of para-hydroxylation sites is 1. The molecule has 0 N–H and O–H groups in total. The molecule has 2 aliphatic rings. The lowest BCUT2D eigenvalue weighted by molar-refractivity contribution is -0.140. The molecule has 1 spiro atoms. The summed E-state index contributed by atoms with van der Waals surface area (Å²) >= 11 is 0. The lowest BCUT2D eigenvalue weighted by atomic mass is 9.92. The molecule has 120 valence electrons. The molecule has 0 aliphatic carbocycles. The summed E-state index contributed by atoms with van der Waals surface area (Å²) in [6.07, 6.45) is 3.17. The second-order valence-electron chi connectivity index (χ2n) is 6.77. The highest BCUT2D eigenvalue weighted by molar-refractivity contribution is 5.95. The summed E-state index contributed by atoms with van der Waals surface area (Å²) in [5, 5.41) is 0. The van der Waals surface area contributed by atoms with Crippen molar-refractivity contribution in [3.05, 3.63) is 30.3 Å². The molecule has 22 heavy (non-hydrogen) atoms. The zero-order valence-corrected chi connectivity index (χ0v) is 13.6. The van der Waals surface area contributed by atoms with Crippen molar-refractivity contribution in [2.75, 3.05) is 31.1 Å². The fraction of sp³-hybridized carbons (Fsp3) is 0.611. The largest absolute Gasteiger partial charge is 0.363 e. The third-order valence-electron chi connectivity index (χ3n) is 4.98. The number of likely N-dealkylation sites (tertiary alicyclic amines) is 1. The molecule has 2 aliphatic heterocycles. The van der Waals surface area contributed by atoms with E-state index in [2.05, 4.69) is 18.7 Å². The number of nitrogens with zero attached hydrogens (tertiary/aromatic N) is 2. The predicted octanol–water partition coefficient (Wildman–Crippen LogP) is 2.68. The van der Waals surface area contributed by atoms with Gasteiger partial charge in [-0.15, -0.1) is 0 Å². The van der Waals surface area contributed by atoms with E-state index in [1.807, 2.05) is 35.2 Å². The van der Waals surface area contributed by atoms with Crippen molar-refractivity contribution in [2.45, 2.75) is 44.8 Å². The van der Waals surface area contributed by atoms with Gasteiger partial charge in [0.2, 0.25) is 0 Å². The van der Waals surface area contributed by atoms with Crippen LogP contribution >= 0.6 is 0 Å². The Bertz CT molecular complexity index is 517. The minimum Gasteiger partial charge on any atom is -0.363 e. The number of ether oxygens (including phenoxy) is 1. The Hall–Kier alpha value is -1.39. The number of morpholine rings is 1. The number of rotatable bonds is 2. The Balaban J connectivity index is 1.76. The molecule has 1 aromatic rings. The van der Waals surface area contributed by atoms with Crippen LogP contribution in [0.1, 0.15) is 33.1 Å². The van der Waals surface area contributed by atoms with Crippen LogP contribution in [0.2, 0.25) is 0 Å². The Labute approximate surface area is 133 Å². The monoisotopic (exact) mass is 302 g/mol. The van der Waals surface area contributed by atoms with Crippen molar-refractivity contribution in [1.29, 1.82) is 0 Å². The minimum absolute atomic E-state index is 0.0711. The van der Waals surface area contributed by atoms with Gasteiger partial charge < -0.3 is 14.5 Å². The molecule has 1 aromatic carbocycles. The van der Waals surface area contributed by atoms with E-state index >= 15 is 0 Å². The highest BCUT2D eigenvalue weighted by Gasteiger charge is 2.41. The molecule has 2 fully saturated rings. The molecule has 2 saturated heterocycles. The van der Waals surface area contributed by atoms with Crippen LogP contribution in [0.3, 0.4) is 0 Å². The molecule has 0 aromatic heterocycles. The number of carbonyl (C=O) groups is 1. The third kappa shape index (κ3) is 3.18. The number of amides is 1. The average Bonchev–Trinajstić information content (AvgIpc) is 2.74. The van der Waals surface area contributed by atoms with E-state index in [-0.39, 0.29) is 18.1 Å². The van der Waals surface area contributed by atoms with Crippen LogP contribution in [0.4, 0.5) is 5.69 Å². The molecule has 4 nitrogen and oxygen atoms in total. The van der Waals surface area contributed by atoms with Crippen LogP contribution < -0.4 is 4.90 Å². The molecule has 1 amide bonds. The fourth-order valence-corrected chi connectivity index (χ4v) is 3.57. The van der Waals surface area contributed by atoms with Gasteiger partial charge in [-0.3, -0.25) is 4.79 Å². The van der Waals surface area contributed by atoms with Crippen LogP contribution in [-0.2, 0) is 9.53 Å². The molecular formula is C18H26N2O2. The fourth-order valence-electron chi connectivity index (χ4n) is 3.57. The maximum Gasteiger partial charge on any atom is 0.253 e. The summed E-state index contributed by atoms with van der Waals surface area (Å²) in [4.78, 5) is 16.7. The normalized spacial score (nSPS) is 27.4. The van der Waals surface area contributed by atoms with Crippen molar-refractivity contribution in [3.8, 4) is 0 Å². The number of hydrogen-bond acceptors (Lipinski definition) is 3. The standard InChI is InChI=1S/C18H26N2O2/c1-15(2)19-11-6-9-18(10-12-19)14-20(17(21)13-22-18)16-7-4-3-5-8-16/h3-5,7-8,15H,6,9-14H2,1-2H3. The third-order valence-corrected chi connectivity index (χ3v) is 4.98. The lowest BCUT2D eigenvalue weighted by Crippen LogP contribution is -2.55. The van der Waals surface area contributed by atoms with Crippen LogP contribution in [0.25, 0.3) is 0 Å². The van der Waals surface area contributed by atoms with Crippen molar-refractivity contribution < 1.29 is 9.53 Å². The topological polar surface area (TPSA) is 32.8 Å². The first-order chi connectivity index (χ1) is 10.6. The van der Waals surface area contributed by atoms with Crippen molar-refractivity contribution in [2.24, 2.45) is 0 Å². The van der Waals surface area contributed by atoms with Crippen LogP contribution in [0.15, 0.2) is 30.3 Å². The van der Waals surface area contributed by atoms with Gasteiger partial charge in [-0.05, 0) is 51.8 Å². The molecule has 0 saturated carbocycles. The van der Waals surface area contributed by atoms with Crippen molar-refractivity contribution in [3.63, 3.8) is 0 Å². The molecule has 3 rings (SSSR count). The van der Waals surface area contributed by atoms with E-state index in [9.17, 15) is 4.79 Å². The number of carbonyl (C=O) groups excluding carboxylic acids is 1. The molecule has 0 radical (unpaired) electrons. The van der Waals surface area contributed by atoms with Crippen LogP contribution in [0.5, 0.6) is 0 Å². The second kappa shape index (κ2) is 6.39. The summed E-state index contributed by atoms with van der Waals surface area (Å²) in [5.74, 6) is 0.0711. The van der Waals surface area contributed by atoms with Gasteiger partial charge in [0.05, 0.1) is 12.1 Å². The minimum atomic E-state index is -0.173. The summed E-state index contributed by atoms with van der Waals surface area (Å²) in [7, 11) is 0. The second-order valence-corrected chi connectivity index (χ2v) is 6.77. The summed E-state index contributed by atoms with van der Waals surface area (Å²) in [6, 6.07) is 10.5. The van der Waals surface area contributed by atoms with Crippen LogP contribution in [-0.4, -0.2) is 48.7 Å². The average molecular weight is 302 g/mol. The zero-order valence-electron chi connectivity index (χ0n) is 13.6. The van der Waals surface area contributed by atoms with Gasteiger partial charge in [0, 0.05) is 18.3 Å². The van der Waals surface area contributed by atoms with Gasteiger partial charge in [-0.1, -0.05) is 18.2 Å². The van der Waals surface area contributed by atoms with E-state index < -0.39 is 0 Å². The predicted molar refractivity (Wildman–Crippen MR) is 88.0 cm³/mol. The first kappa shape index (κ1) is 15.5. The zero-order chi connectivity index (χ0) is 15.6. The summed E-state index contributed by atoms with van der Waals surface area (Å²) in [5.41, 5.74) is 0.813. The van der Waals surface area contributed by atoms with E-state index in [1.165, 1.54) is 0 Å². The molecule has 2 heterocycles. The van der Waals surface area contributed by atoms with E-state index in [0.29, 0.717) is 12.6 Å². The van der Waals surface area contributed by atoms with E-state index in [1.54, 1.807) is 0 Å². The van der Waals surface area contributed by atoms with Crippen molar-refractivity contribution >= 4 is 11.6 Å². The number of hydrogen-bond donors (Lipinski definition) is 0. The van der Waals surface area contributed by atoms with E-state index in [4.69, 9.17) is 4.74 Å². The molecule has 1 unspecified atom stereocenters. The number of benzene rings is 1. The highest BCUT2D eigenvalue weighted by Crippen LogP contribution is 2.33. The van der Waals surface area contributed by atoms with Gasteiger partial charge in [0.25, 0.3) is 5.91 Å². The smallest absolute Gasteiger partial charge is 0.253 e. The maximum absolute atomic E-state index is 12.3. The summed E-state index contributed by atoms with van der Waals surface area (Å²) < 4.78 is 6.06. The van der Waals surface area contributed by atoms with Gasteiger partial charge in [0.1, 0.15) is 6.61 Å². The molecule has 4 heteroatoms. The van der Waals surface area contributed by atoms with E-state index in [0.717, 1.165) is 38.0 Å². The Morgan fingerprint density at radius 2 is 1.91 bits per heavy atom. The Kier molecular flexibility index (Phi) is 4.50.